The summed E-state index contributed by atoms with van der Waals surface area (Å²) in [5.74, 6) is 0.124. The fourth-order valence-electron chi connectivity index (χ4n) is 5.41. The Kier molecular flexibility index (Phi) is 11.4. The Bertz CT molecular complexity index is 1520. The maximum atomic E-state index is 12.3. The topological polar surface area (TPSA) is 134 Å². The smallest absolute Gasteiger partial charge is 0.264 e. The number of carbonyl (C=O) groups is 2. The molecule has 10 heteroatoms. The summed E-state index contributed by atoms with van der Waals surface area (Å²) in [6, 6.07) is 15.2. The van der Waals surface area contributed by atoms with Gasteiger partial charge in [-0.05, 0) is 36.8 Å². The molecule has 2 heterocycles. The van der Waals surface area contributed by atoms with Crippen LogP contribution in [0.2, 0.25) is 0 Å². The second-order valence-electron chi connectivity index (χ2n) is 12.2. The summed E-state index contributed by atoms with van der Waals surface area (Å²) in [6.07, 6.45) is 5.68. The van der Waals surface area contributed by atoms with E-state index in [1.165, 1.54) is 0 Å². The van der Waals surface area contributed by atoms with E-state index in [0.717, 1.165) is 47.5 Å². The molecule has 2 N–H and O–H groups in total. The van der Waals surface area contributed by atoms with E-state index in [0.29, 0.717) is 62.0 Å². The maximum Gasteiger partial charge on any atom is 0.264 e. The average molecular weight is 601 g/mol. The molecule has 0 aliphatic carbocycles. The van der Waals surface area contributed by atoms with E-state index in [2.05, 4.69) is 48.2 Å². The minimum absolute atomic E-state index is 0.0313. The summed E-state index contributed by atoms with van der Waals surface area (Å²) in [7, 11) is 0. The van der Waals surface area contributed by atoms with Gasteiger partial charge in [-0.2, -0.15) is 0 Å². The molecule has 0 unspecified atom stereocenters. The highest BCUT2D eigenvalue weighted by Gasteiger charge is 2.18. The standard InChI is InChI=1S/C34H44N6O4/c1-23(2)21-39-27-17-13-11-15-25(27)31(33(39)43)37-35-29(41)19-9-7-5-6-8-10-20-30(42)36-38-32-26-16-12-14-18-28(26)40(34(32)44)22-24(3)4/h11-18,23-24,43-44H,5-10,19-22H2,1-4H3. The van der Waals surface area contributed by atoms with Crippen molar-refractivity contribution in [2.45, 2.75) is 92.2 Å². The number of amides is 2. The number of benzene rings is 2. The van der Waals surface area contributed by atoms with Crippen LogP contribution in [0.15, 0.2) is 69.0 Å². The summed E-state index contributed by atoms with van der Waals surface area (Å²) in [6.45, 7) is 9.59. The third kappa shape index (κ3) is 8.18. The molecule has 4 rings (SSSR count). The van der Waals surface area contributed by atoms with Crippen LogP contribution in [0, 0.1) is 11.8 Å². The van der Waals surface area contributed by atoms with Gasteiger partial charge in [0.05, 0.1) is 11.0 Å². The van der Waals surface area contributed by atoms with Crippen LogP contribution in [-0.4, -0.2) is 31.2 Å². The molecule has 0 radical (unpaired) electrons. The van der Waals surface area contributed by atoms with Crippen molar-refractivity contribution in [3.63, 3.8) is 0 Å². The Morgan fingerprint density at radius 1 is 0.614 bits per heavy atom. The highest BCUT2D eigenvalue weighted by atomic mass is 16.3. The van der Waals surface area contributed by atoms with E-state index >= 15 is 0 Å². The molecule has 0 fully saturated rings. The van der Waals surface area contributed by atoms with E-state index in [1.54, 1.807) is 0 Å². The van der Waals surface area contributed by atoms with Crippen LogP contribution >= 0.6 is 0 Å². The largest absolute Gasteiger partial charge is 0.493 e. The van der Waals surface area contributed by atoms with Gasteiger partial charge >= 0.3 is 0 Å². The number of unbranched alkanes of at least 4 members (excludes halogenated alkanes) is 5. The molecule has 2 aromatic heterocycles. The normalized spacial score (nSPS) is 12.2. The van der Waals surface area contributed by atoms with E-state index in [1.807, 2.05) is 57.7 Å². The van der Waals surface area contributed by atoms with Crippen LogP contribution in [0.3, 0.4) is 0 Å². The van der Waals surface area contributed by atoms with Gasteiger partial charge in [-0.25, -0.2) is 0 Å². The molecule has 0 saturated carbocycles. The van der Waals surface area contributed by atoms with Crippen LogP contribution in [0.4, 0.5) is 11.4 Å². The van der Waals surface area contributed by atoms with E-state index in [-0.39, 0.29) is 23.6 Å². The highest BCUT2D eigenvalue weighted by molar-refractivity contribution is 5.96. The van der Waals surface area contributed by atoms with Crippen molar-refractivity contribution in [1.82, 2.24) is 9.13 Å². The van der Waals surface area contributed by atoms with Gasteiger partial charge in [0.1, 0.15) is 0 Å². The number of azo groups is 2. The van der Waals surface area contributed by atoms with Gasteiger partial charge in [0.2, 0.25) is 11.8 Å². The summed E-state index contributed by atoms with van der Waals surface area (Å²) >= 11 is 0. The van der Waals surface area contributed by atoms with Crippen LogP contribution in [0.1, 0.15) is 79.1 Å². The molecule has 0 spiro atoms. The number of carbonyl (C=O) groups excluding carboxylic acids is 2. The molecule has 2 aromatic carbocycles. The van der Waals surface area contributed by atoms with Gasteiger partial charge in [-0.1, -0.05) is 89.8 Å². The first-order valence-corrected chi connectivity index (χ1v) is 15.7. The molecular weight excluding hydrogens is 556 g/mol. The SMILES string of the molecule is CC(C)Cn1c(O)c(N=NC(=O)CCCCCCCCC(=O)N=Nc2c(O)n(CC(C)C)c3ccccc23)c2ccccc21. The van der Waals surface area contributed by atoms with E-state index < -0.39 is 0 Å². The Morgan fingerprint density at radius 2 is 0.977 bits per heavy atom. The Hall–Kier alpha value is -4.34. The number of aromatic hydroxyl groups is 2. The van der Waals surface area contributed by atoms with Crippen LogP contribution in [0.5, 0.6) is 11.8 Å². The van der Waals surface area contributed by atoms with E-state index in [4.69, 9.17) is 0 Å². The van der Waals surface area contributed by atoms with Crippen molar-refractivity contribution in [3.05, 3.63) is 48.5 Å². The van der Waals surface area contributed by atoms with Gasteiger partial charge in [-0.3, -0.25) is 9.59 Å². The Balaban J connectivity index is 1.16. The minimum atomic E-state index is -0.306. The fourth-order valence-corrected chi connectivity index (χ4v) is 5.41. The van der Waals surface area contributed by atoms with Crippen LogP contribution in [-0.2, 0) is 22.7 Å². The van der Waals surface area contributed by atoms with Crippen LogP contribution in [0.25, 0.3) is 21.8 Å². The van der Waals surface area contributed by atoms with Crippen molar-refractivity contribution in [2.24, 2.45) is 32.3 Å². The van der Waals surface area contributed by atoms with Crippen molar-refractivity contribution in [2.75, 3.05) is 0 Å². The first kappa shape index (κ1) is 32.6. The molecular formula is C34H44N6O4. The van der Waals surface area contributed by atoms with Gasteiger partial charge < -0.3 is 19.3 Å². The van der Waals surface area contributed by atoms with Crippen molar-refractivity contribution >= 4 is 45.0 Å². The first-order valence-electron chi connectivity index (χ1n) is 15.7. The molecule has 0 aliphatic rings. The number of rotatable bonds is 15. The Labute approximate surface area is 258 Å². The molecule has 2 amide bonds. The quantitative estimate of drug-likeness (QED) is 0.104. The van der Waals surface area contributed by atoms with Gasteiger partial charge in [0.15, 0.2) is 11.4 Å². The predicted molar refractivity (Wildman–Crippen MR) is 173 cm³/mol. The molecule has 0 aliphatic heterocycles. The number of fused-ring (bicyclic) bond motifs is 2. The lowest BCUT2D eigenvalue weighted by molar-refractivity contribution is -0.119. The lowest BCUT2D eigenvalue weighted by atomic mass is 10.1. The predicted octanol–water partition coefficient (Wildman–Crippen LogP) is 9.36. The maximum absolute atomic E-state index is 12.3. The number of para-hydroxylation sites is 2. The van der Waals surface area contributed by atoms with Crippen molar-refractivity contribution in [3.8, 4) is 11.8 Å². The van der Waals surface area contributed by atoms with Crippen LogP contribution < -0.4 is 0 Å². The summed E-state index contributed by atoms with van der Waals surface area (Å²) in [5.41, 5.74) is 2.40. The second-order valence-corrected chi connectivity index (χ2v) is 12.2. The molecule has 10 nitrogen and oxygen atoms in total. The lowest BCUT2D eigenvalue weighted by Crippen LogP contribution is -2.03. The average Bonchev–Trinajstić information content (AvgIpc) is 3.41. The van der Waals surface area contributed by atoms with E-state index in [9.17, 15) is 19.8 Å². The molecule has 234 valence electrons. The molecule has 44 heavy (non-hydrogen) atoms. The number of hydrogen-bond acceptors (Lipinski definition) is 6. The summed E-state index contributed by atoms with van der Waals surface area (Å²) < 4.78 is 3.63. The molecule has 0 saturated heterocycles. The van der Waals surface area contributed by atoms with Gasteiger partial charge in [0.25, 0.3) is 11.8 Å². The monoisotopic (exact) mass is 600 g/mol. The fraction of sp³-hybridized carbons (Fsp3) is 0.471. The van der Waals surface area contributed by atoms with Crippen molar-refractivity contribution in [1.29, 1.82) is 0 Å². The molecule has 0 bridgehead atoms. The second kappa shape index (κ2) is 15.4. The minimum Gasteiger partial charge on any atom is -0.493 e. The summed E-state index contributed by atoms with van der Waals surface area (Å²) in [4.78, 5) is 24.7. The van der Waals surface area contributed by atoms with Crippen molar-refractivity contribution < 1.29 is 19.8 Å². The summed E-state index contributed by atoms with van der Waals surface area (Å²) in [5, 5.41) is 39.0. The Morgan fingerprint density at radius 3 is 1.36 bits per heavy atom. The third-order valence-electron chi connectivity index (χ3n) is 7.48. The number of nitrogens with zero attached hydrogens (tertiary/aromatic N) is 6. The zero-order valence-electron chi connectivity index (χ0n) is 26.2. The van der Waals surface area contributed by atoms with Gasteiger partial charge in [0, 0.05) is 36.7 Å². The zero-order chi connectivity index (χ0) is 31.6. The first-order chi connectivity index (χ1) is 21.2. The number of aromatic nitrogens is 2. The molecule has 0 atom stereocenters. The highest BCUT2D eigenvalue weighted by Crippen LogP contribution is 2.40. The third-order valence-corrected chi connectivity index (χ3v) is 7.48. The molecule has 4 aromatic rings. The van der Waals surface area contributed by atoms with Gasteiger partial charge in [-0.15, -0.1) is 20.5 Å². The number of hydrogen-bond donors (Lipinski definition) is 2. The lowest BCUT2D eigenvalue weighted by Gasteiger charge is -2.09. The zero-order valence-corrected chi connectivity index (χ0v) is 26.2.